The van der Waals surface area contributed by atoms with Crippen molar-refractivity contribution in [1.29, 1.82) is 0 Å². The van der Waals surface area contributed by atoms with Crippen LogP contribution in [0.15, 0.2) is 12.2 Å². The lowest BCUT2D eigenvalue weighted by Crippen LogP contribution is -2.19. The predicted octanol–water partition coefficient (Wildman–Crippen LogP) is -0.274. The maximum Gasteiger partial charge on any atom is 0.404 e. The van der Waals surface area contributed by atoms with E-state index in [1.54, 1.807) is 14.1 Å². The molecule has 5 nitrogen and oxygen atoms in total. The Morgan fingerprint density at radius 1 is 1.50 bits per heavy atom. The average Bonchev–Trinajstić information content (AvgIpc) is 1.97. The Morgan fingerprint density at radius 2 is 2.08 bits per heavy atom. The summed E-state index contributed by atoms with van der Waals surface area (Å²) in [6, 6.07) is 0. The first-order chi connectivity index (χ1) is 5.54. The Morgan fingerprint density at radius 3 is 2.50 bits per heavy atom. The average molecular weight is 172 g/mol. The predicted molar refractivity (Wildman–Crippen MR) is 43.4 cm³/mol. The Labute approximate surface area is 70.8 Å². The summed E-state index contributed by atoms with van der Waals surface area (Å²) in [5.41, 5.74) is 4.68. The van der Waals surface area contributed by atoms with Crippen LogP contribution >= 0.6 is 0 Å². The van der Waals surface area contributed by atoms with Crippen LogP contribution in [0.5, 0.6) is 0 Å². The van der Waals surface area contributed by atoms with Gasteiger partial charge in [-0.15, -0.1) is 0 Å². The molecule has 0 aliphatic rings. The second-order valence-electron chi connectivity index (χ2n) is 2.27. The van der Waals surface area contributed by atoms with Crippen molar-refractivity contribution >= 4 is 12.0 Å². The van der Waals surface area contributed by atoms with E-state index in [4.69, 9.17) is 0 Å². The molecule has 0 aliphatic heterocycles. The maximum atomic E-state index is 10.9. The molecular weight excluding hydrogens is 160 g/mol. The molecule has 12 heavy (non-hydrogen) atoms. The van der Waals surface area contributed by atoms with Gasteiger partial charge >= 0.3 is 6.09 Å². The number of hydrogen-bond donors (Lipinski definition) is 1. The van der Waals surface area contributed by atoms with Crippen LogP contribution in [-0.4, -0.2) is 37.6 Å². The topological polar surface area (TPSA) is 72.6 Å². The largest absolute Gasteiger partial charge is 0.445 e. The first kappa shape index (κ1) is 10.5. The molecule has 0 spiro atoms. The molecule has 0 aliphatic carbocycles. The van der Waals surface area contributed by atoms with Gasteiger partial charge in [0.1, 0.15) is 6.61 Å². The first-order valence-electron chi connectivity index (χ1n) is 3.34. The van der Waals surface area contributed by atoms with Crippen LogP contribution < -0.4 is 5.73 Å². The summed E-state index contributed by atoms with van der Waals surface area (Å²) in [6.45, 7) is 0.0227. The van der Waals surface area contributed by atoms with Crippen LogP contribution in [-0.2, 0) is 9.53 Å². The molecule has 0 bridgehead atoms. The molecule has 0 heterocycles. The summed E-state index contributed by atoms with van der Waals surface area (Å²) >= 11 is 0. The summed E-state index contributed by atoms with van der Waals surface area (Å²) < 4.78 is 4.35. The summed E-state index contributed by atoms with van der Waals surface area (Å²) in [7, 11) is 3.25. The monoisotopic (exact) mass is 172 g/mol. The fourth-order valence-corrected chi connectivity index (χ4v) is 0.428. The van der Waals surface area contributed by atoms with Gasteiger partial charge in [0.15, 0.2) is 0 Å². The van der Waals surface area contributed by atoms with Gasteiger partial charge in [0.25, 0.3) is 0 Å². The lowest BCUT2D eigenvalue weighted by molar-refractivity contribution is -0.123. The van der Waals surface area contributed by atoms with Crippen molar-refractivity contribution in [1.82, 2.24) is 4.90 Å². The van der Waals surface area contributed by atoms with E-state index in [9.17, 15) is 9.59 Å². The van der Waals surface area contributed by atoms with E-state index in [1.807, 2.05) is 0 Å². The molecule has 0 aromatic carbocycles. The molecule has 0 aromatic rings. The highest BCUT2D eigenvalue weighted by Gasteiger charge is 1.95. The lowest BCUT2D eigenvalue weighted by Gasteiger charge is -2.04. The summed E-state index contributed by atoms with van der Waals surface area (Å²) in [6.07, 6.45) is 1.88. The van der Waals surface area contributed by atoms with Gasteiger partial charge in [-0.05, 0) is 6.08 Å². The normalized spacial score (nSPS) is 9.83. The van der Waals surface area contributed by atoms with Gasteiger partial charge in [-0.1, -0.05) is 0 Å². The standard InChI is InChI=1S/C7H12N2O3/c1-9(2)6(10)4-3-5-12-7(8)11/h3-4H,5H2,1-2H3,(H2,8,11)/b4-3+. The van der Waals surface area contributed by atoms with Crippen LogP contribution in [0.4, 0.5) is 4.79 Å². The van der Waals surface area contributed by atoms with Crippen molar-refractivity contribution in [2.24, 2.45) is 5.73 Å². The van der Waals surface area contributed by atoms with E-state index in [-0.39, 0.29) is 12.5 Å². The number of nitrogens with zero attached hydrogens (tertiary/aromatic N) is 1. The van der Waals surface area contributed by atoms with E-state index >= 15 is 0 Å². The zero-order valence-electron chi connectivity index (χ0n) is 7.11. The summed E-state index contributed by atoms with van der Waals surface area (Å²) in [5.74, 6) is -0.164. The second kappa shape index (κ2) is 5.17. The molecule has 0 aromatic heterocycles. The Bertz CT molecular complexity index is 199. The molecule has 0 rings (SSSR count). The molecule has 0 fully saturated rings. The summed E-state index contributed by atoms with van der Waals surface area (Å²) in [5, 5.41) is 0. The zero-order valence-corrected chi connectivity index (χ0v) is 7.11. The number of likely N-dealkylation sites (N-methyl/N-ethyl adjacent to an activating group) is 1. The smallest absolute Gasteiger partial charge is 0.404 e. The number of rotatable bonds is 3. The number of carbonyl (C=O) groups excluding carboxylic acids is 2. The van der Waals surface area contributed by atoms with Crippen LogP contribution in [0, 0.1) is 0 Å². The molecule has 0 radical (unpaired) electrons. The van der Waals surface area contributed by atoms with Gasteiger partial charge < -0.3 is 15.4 Å². The van der Waals surface area contributed by atoms with Gasteiger partial charge in [-0.2, -0.15) is 0 Å². The van der Waals surface area contributed by atoms with Crippen molar-refractivity contribution in [3.63, 3.8) is 0 Å². The number of carbonyl (C=O) groups is 2. The minimum atomic E-state index is -0.850. The van der Waals surface area contributed by atoms with Crippen LogP contribution in [0.3, 0.4) is 0 Å². The van der Waals surface area contributed by atoms with Gasteiger partial charge in [0.05, 0.1) is 0 Å². The quantitative estimate of drug-likeness (QED) is 0.595. The van der Waals surface area contributed by atoms with Gasteiger partial charge in [-0.25, -0.2) is 4.79 Å². The Balaban J connectivity index is 3.62. The van der Waals surface area contributed by atoms with Gasteiger partial charge in [0, 0.05) is 20.2 Å². The molecule has 0 unspecified atom stereocenters. The molecule has 5 heteroatoms. The highest BCUT2D eigenvalue weighted by Crippen LogP contribution is 1.82. The third kappa shape index (κ3) is 5.28. The van der Waals surface area contributed by atoms with E-state index in [0.29, 0.717) is 0 Å². The van der Waals surface area contributed by atoms with Gasteiger partial charge in [0.2, 0.25) is 5.91 Å². The Hall–Kier alpha value is -1.52. The van der Waals surface area contributed by atoms with E-state index in [2.05, 4.69) is 10.5 Å². The third-order valence-corrected chi connectivity index (χ3v) is 1.02. The molecule has 0 saturated heterocycles. The van der Waals surface area contributed by atoms with Gasteiger partial charge in [-0.3, -0.25) is 4.79 Å². The molecule has 2 amide bonds. The third-order valence-electron chi connectivity index (χ3n) is 1.02. The first-order valence-corrected chi connectivity index (χ1v) is 3.34. The Kier molecular flexibility index (Phi) is 4.52. The van der Waals surface area contributed by atoms with Crippen LogP contribution in [0.2, 0.25) is 0 Å². The molecule has 2 N–H and O–H groups in total. The lowest BCUT2D eigenvalue weighted by atomic mass is 10.4. The van der Waals surface area contributed by atoms with Crippen molar-refractivity contribution in [2.75, 3.05) is 20.7 Å². The number of hydrogen-bond acceptors (Lipinski definition) is 3. The van der Waals surface area contributed by atoms with Crippen molar-refractivity contribution in [3.05, 3.63) is 12.2 Å². The highest BCUT2D eigenvalue weighted by molar-refractivity contribution is 5.87. The number of primary amides is 1. The fraction of sp³-hybridized carbons (Fsp3) is 0.429. The SMILES string of the molecule is CN(C)C(=O)/C=C/COC(N)=O. The molecule has 0 saturated carbocycles. The maximum absolute atomic E-state index is 10.9. The fourth-order valence-electron chi connectivity index (χ4n) is 0.428. The highest BCUT2D eigenvalue weighted by atomic mass is 16.5. The minimum Gasteiger partial charge on any atom is -0.445 e. The number of ether oxygens (including phenoxy) is 1. The van der Waals surface area contributed by atoms with E-state index in [0.717, 1.165) is 0 Å². The number of nitrogens with two attached hydrogens (primary N) is 1. The molecular formula is C7H12N2O3. The van der Waals surface area contributed by atoms with Crippen molar-refractivity contribution in [2.45, 2.75) is 0 Å². The zero-order chi connectivity index (χ0) is 9.56. The number of amides is 2. The molecule has 68 valence electrons. The summed E-state index contributed by atoms with van der Waals surface area (Å²) in [4.78, 5) is 22.3. The molecule has 0 atom stereocenters. The second-order valence-corrected chi connectivity index (χ2v) is 2.27. The van der Waals surface area contributed by atoms with Crippen molar-refractivity contribution < 1.29 is 14.3 Å². The van der Waals surface area contributed by atoms with E-state index in [1.165, 1.54) is 17.1 Å². The minimum absolute atomic E-state index is 0.0227. The van der Waals surface area contributed by atoms with Crippen molar-refractivity contribution in [3.8, 4) is 0 Å². The van der Waals surface area contributed by atoms with Crippen LogP contribution in [0.1, 0.15) is 0 Å². The van der Waals surface area contributed by atoms with Crippen LogP contribution in [0.25, 0.3) is 0 Å². The van der Waals surface area contributed by atoms with E-state index < -0.39 is 6.09 Å².